The fourth-order valence-corrected chi connectivity index (χ4v) is 3.01. The fourth-order valence-electron chi connectivity index (χ4n) is 3.01. The molecule has 2 rings (SSSR count). The summed E-state index contributed by atoms with van der Waals surface area (Å²) in [6.45, 7) is 0. The first kappa shape index (κ1) is 36.7. The van der Waals surface area contributed by atoms with Crippen molar-refractivity contribution in [3.05, 3.63) is 35.7 Å². The molecule has 1 amide bonds. The SMILES string of the molecule is O=C(CC(F)(F)C(F)(F)C(F)(F)C(F)(F)C(F)(F)C(F)(F)C(F)(F)F)Nc1ccc(CCCc2nn[nH]n2)cc1.[Na+]. The van der Waals surface area contributed by atoms with Crippen LogP contribution in [0.15, 0.2) is 24.3 Å². The fraction of sp³-hybridized carbons (Fsp3) is 0.579. The van der Waals surface area contributed by atoms with Gasteiger partial charge in [-0.05, 0) is 30.5 Å². The zero-order chi connectivity index (χ0) is 31.0. The number of amides is 1. The average molecular weight is 636 g/mol. The molecule has 0 saturated carbocycles. The molecule has 0 bridgehead atoms. The zero-order valence-corrected chi connectivity index (χ0v) is 22.1. The number of nitrogens with one attached hydrogen (secondary N) is 2. The number of hydrogen-bond donors (Lipinski definition) is 2. The first-order chi connectivity index (χ1) is 17.9. The molecule has 1 aromatic carbocycles. The van der Waals surface area contributed by atoms with E-state index in [-0.39, 0.29) is 29.6 Å². The number of tetrazole rings is 1. The topological polar surface area (TPSA) is 83.6 Å². The van der Waals surface area contributed by atoms with Gasteiger partial charge in [-0.15, -0.1) is 10.2 Å². The Morgan fingerprint density at radius 3 is 1.66 bits per heavy atom. The van der Waals surface area contributed by atoms with Crippen molar-refractivity contribution in [1.82, 2.24) is 20.6 Å². The van der Waals surface area contributed by atoms with Crippen LogP contribution in [-0.4, -0.2) is 68.2 Å². The molecule has 1 heterocycles. The van der Waals surface area contributed by atoms with Crippen molar-refractivity contribution in [2.24, 2.45) is 0 Å². The molecule has 0 aliphatic heterocycles. The molecule has 0 aliphatic carbocycles. The maximum atomic E-state index is 13.9. The van der Waals surface area contributed by atoms with Crippen molar-refractivity contribution in [3.8, 4) is 0 Å². The van der Waals surface area contributed by atoms with Gasteiger partial charge in [0.1, 0.15) is 0 Å². The van der Waals surface area contributed by atoms with Crippen LogP contribution >= 0.6 is 0 Å². The number of aromatic nitrogens is 4. The van der Waals surface area contributed by atoms with E-state index in [1.807, 2.05) is 0 Å². The van der Waals surface area contributed by atoms with Gasteiger partial charge in [-0.3, -0.25) is 4.79 Å². The van der Waals surface area contributed by atoms with Crippen molar-refractivity contribution in [2.45, 2.75) is 67.4 Å². The predicted octanol–water partition coefficient (Wildman–Crippen LogP) is 3.08. The third-order valence-corrected chi connectivity index (χ3v) is 5.27. The quantitative estimate of drug-likeness (QED) is 0.278. The summed E-state index contributed by atoms with van der Waals surface area (Å²) in [7, 11) is 0. The summed E-state index contributed by atoms with van der Waals surface area (Å²) in [6, 6.07) is 4.60. The van der Waals surface area contributed by atoms with Crippen LogP contribution in [-0.2, 0) is 17.6 Å². The van der Waals surface area contributed by atoms with Crippen molar-refractivity contribution >= 4 is 11.6 Å². The summed E-state index contributed by atoms with van der Waals surface area (Å²) in [5.74, 6) is -49.3. The number of rotatable bonds is 12. The Bertz CT molecular complexity index is 1150. The zero-order valence-electron chi connectivity index (χ0n) is 20.1. The molecule has 41 heavy (non-hydrogen) atoms. The Balaban J connectivity index is 0.00000840. The number of halogens is 15. The van der Waals surface area contributed by atoms with Crippen LogP contribution in [0.25, 0.3) is 0 Å². The molecule has 0 atom stereocenters. The summed E-state index contributed by atoms with van der Waals surface area (Å²) < 4.78 is 198. The van der Waals surface area contributed by atoms with Gasteiger partial charge < -0.3 is 5.32 Å². The second kappa shape index (κ2) is 12.1. The van der Waals surface area contributed by atoms with E-state index in [0.717, 1.165) is 12.1 Å². The van der Waals surface area contributed by atoms with E-state index in [1.54, 1.807) is 0 Å². The second-order valence-electron chi connectivity index (χ2n) is 8.18. The number of hydrogen-bond acceptors (Lipinski definition) is 4. The van der Waals surface area contributed by atoms with Crippen LogP contribution in [0.2, 0.25) is 0 Å². The third-order valence-electron chi connectivity index (χ3n) is 5.27. The van der Waals surface area contributed by atoms with Gasteiger partial charge in [0, 0.05) is 12.1 Å². The number of benzene rings is 1. The molecule has 0 aliphatic rings. The minimum Gasteiger partial charge on any atom is -0.326 e. The van der Waals surface area contributed by atoms with Gasteiger partial charge in [0.15, 0.2) is 5.82 Å². The Morgan fingerprint density at radius 1 is 0.707 bits per heavy atom. The largest absolute Gasteiger partial charge is 1.00 e. The molecule has 0 saturated heterocycles. The monoisotopic (exact) mass is 636 g/mol. The van der Waals surface area contributed by atoms with Crippen molar-refractivity contribution in [1.29, 1.82) is 0 Å². The van der Waals surface area contributed by atoms with Crippen LogP contribution in [0.4, 0.5) is 71.5 Å². The van der Waals surface area contributed by atoms with E-state index in [0.29, 0.717) is 30.7 Å². The van der Waals surface area contributed by atoms with Crippen LogP contribution in [0.1, 0.15) is 24.2 Å². The summed E-state index contributed by atoms with van der Waals surface area (Å²) in [5, 5.41) is 14.4. The smallest absolute Gasteiger partial charge is 0.326 e. The van der Waals surface area contributed by atoms with Gasteiger partial charge in [0.25, 0.3) is 0 Å². The Kier molecular flexibility index (Phi) is 10.9. The number of nitrogens with zero attached hydrogens (tertiary/aromatic N) is 3. The maximum absolute atomic E-state index is 13.9. The third kappa shape index (κ3) is 6.86. The minimum atomic E-state index is -8.40. The van der Waals surface area contributed by atoms with Gasteiger partial charge in [-0.25, -0.2) is 0 Å². The first-order valence-corrected chi connectivity index (χ1v) is 10.4. The molecule has 2 aromatic rings. The molecule has 226 valence electrons. The van der Waals surface area contributed by atoms with Crippen LogP contribution in [0.5, 0.6) is 0 Å². The van der Waals surface area contributed by atoms with Crippen molar-refractivity contribution in [2.75, 3.05) is 5.32 Å². The number of aryl methyl sites for hydroxylation is 2. The predicted molar refractivity (Wildman–Crippen MR) is 102 cm³/mol. The number of H-pyrrole nitrogens is 1. The Hall–Kier alpha value is -2.29. The van der Waals surface area contributed by atoms with E-state index >= 15 is 0 Å². The first-order valence-electron chi connectivity index (χ1n) is 10.4. The minimum absolute atomic E-state index is 0. The van der Waals surface area contributed by atoms with E-state index in [2.05, 4.69) is 20.6 Å². The molecule has 0 unspecified atom stereocenters. The summed E-state index contributed by atoms with van der Waals surface area (Å²) in [5.41, 5.74) is 0.149. The Morgan fingerprint density at radius 2 is 1.20 bits per heavy atom. The van der Waals surface area contributed by atoms with Gasteiger partial charge in [0.05, 0.1) is 6.42 Å². The van der Waals surface area contributed by atoms with Gasteiger partial charge in [-0.2, -0.15) is 71.1 Å². The normalized spacial score (nSPS) is 14.0. The number of alkyl halides is 15. The summed E-state index contributed by atoms with van der Waals surface area (Å²) >= 11 is 0. The summed E-state index contributed by atoms with van der Waals surface area (Å²) in [6.07, 6.45) is -9.56. The van der Waals surface area contributed by atoms with Crippen molar-refractivity contribution < 1.29 is 100 Å². The molecular formula is C19H14F15N5NaO+. The average Bonchev–Trinajstić information content (AvgIpc) is 3.32. The van der Waals surface area contributed by atoms with Crippen LogP contribution in [0, 0.1) is 0 Å². The van der Waals surface area contributed by atoms with Gasteiger partial charge >= 0.3 is 71.3 Å². The van der Waals surface area contributed by atoms with Gasteiger partial charge in [0.2, 0.25) is 5.91 Å². The van der Waals surface area contributed by atoms with Gasteiger partial charge in [-0.1, -0.05) is 17.3 Å². The Labute approximate surface area is 240 Å². The standard InChI is InChI=1S/C19H14F15N5O.Na/c20-13(21,14(22,23)15(24,25)16(26,27)17(28,29)18(30,31)19(32,33)34)8-12(40)35-10-6-4-9(5-7-10)2-1-3-11-36-38-39-37-11;/h4-7H,1-3,8H2,(H,35,40)(H,36,37,38,39);/q;+1. The molecule has 0 fully saturated rings. The number of carbonyl (C=O) groups is 1. The molecule has 0 spiro atoms. The van der Waals surface area contributed by atoms with E-state index < -0.39 is 59.7 Å². The molecule has 0 radical (unpaired) electrons. The van der Waals surface area contributed by atoms with E-state index in [9.17, 15) is 70.7 Å². The summed E-state index contributed by atoms with van der Waals surface area (Å²) in [4.78, 5) is 11.7. The number of carbonyl (C=O) groups excluding carboxylic acids is 1. The number of anilines is 1. The maximum Gasteiger partial charge on any atom is 1.00 e. The second-order valence-corrected chi connectivity index (χ2v) is 8.18. The van der Waals surface area contributed by atoms with Crippen LogP contribution in [0.3, 0.4) is 0 Å². The van der Waals surface area contributed by atoms with Crippen molar-refractivity contribution in [3.63, 3.8) is 0 Å². The van der Waals surface area contributed by atoms with E-state index in [1.165, 1.54) is 17.4 Å². The molecule has 22 heteroatoms. The molecule has 6 nitrogen and oxygen atoms in total. The number of aromatic amines is 1. The molecular weight excluding hydrogens is 622 g/mol. The molecule has 1 aromatic heterocycles. The van der Waals surface area contributed by atoms with E-state index in [4.69, 9.17) is 0 Å². The van der Waals surface area contributed by atoms with Crippen LogP contribution < -0.4 is 34.9 Å². The molecule has 2 N–H and O–H groups in total.